The number of ether oxygens (including phenoxy) is 1. The van der Waals surface area contributed by atoms with E-state index in [1.165, 1.54) is 12.3 Å². The number of rotatable bonds is 6. The molecule has 90 valence electrons. The molecule has 0 unspecified atom stereocenters. The molecule has 1 rings (SSSR count). The maximum absolute atomic E-state index is 10.5. The first-order valence-electron chi connectivity index (χ1n) is 4.62. The van der Waals surface area contributed by atoms with Crippen molar-refractivity contribution in [2.75, 3.05) is 12.5 Å². The number of halogens is 2. The highest BCUT2D eigenvalue weighted by Crippen LogP contribution is 2.09. The third-order valence-corrected chi connectivity index (χ3v) is 2.02. The van der Waals surface area contributed by atoms with Crippen molar-refractivity contribution in [1.82, 2.24) is 4.98 Å². The van der Waals surface area contributed by atoms with Crippen LogP contribution in [0.1, 0.15) is 23.3 Å². The SMILES string of the molecule is Cl.O=C(O)c1ccc(OCCCCCl)cn1. The summed E-state index contributed by atoms with van der Waals surface area (Å²) < 4.78 is 5.33. The number of unbranched alkanes of at least 4 members (excludes halogenated alkanes) is 1. The van der Waals surface area contributed by atoms with E-state index in [1.807, 2.05) is 0 Å². The van der Waals surface area contributed by atoms with Crippen molar-refractivity contribution >= 4 is 30.0 Å². The zero-order chi connectivity index (χ0) is 11.1. The minimum Gasteiger partial charge on any atom is -0.492 e. The van der Waals surface area contributed by atoms with Gasteiger partial charge in [-0.1, -0.05) is 0 Å². The van der Waals surface area contributed by atoms with E-state index in [0.29, 0.717) is 18.2 Å². The van der Waals surface area contributed by atoms with Crippen LogP contribution in [0.5, 0.6) is 5.75 Å². The number of aromatic nitrogens is 1. The van der Waals surface area contributed by atoms with E-state index in [9.17, 15) is 4.79 Å². The van der Waals surface area contributed by atoms with Crippen molar-refractivity contribution in [3.8, 4) is 5.75 Å². The van der Waals surface area contributed by atoms with E-state index in [4.69, 9.17) is 21.4 Å². The third-order valence-electron chi connectivity index (χ3n) is 1.75. The summed E-state index contributed by atoms with van der Waals surface area (Å²) in [6.07, 6.45) is 3.19. The van der Waals surface area contributed by atoms with Crippen molar-refractivity contribution in [3.05, 3.63) is 24.0 Å². The van der Waals surface area contributed by atoms with Crippen LogP contribution < -0.4 is 4.74 Å². The number of nitrogens with zero attached hydrogens (tertiary/aromatic N) is 1. The van der Waals surface area contributed by atoms with E-state index in [1.54, 1.807) is 6.07 Å². The quantitative estimate of drug-likeness (QED) is 0.635. The first-order chi connectivity index (χ1) is 7.24. The van der Waals surface area contributed by atoms with Gasteiger partial charge in [-0.25, -0.2) is 9.78 Å². The largest absolute Gasteiger partial charge is 0.492 e. The maximum atomic E-state index is 10.5. The summed E-state index contributed by atoms with van der Waals surface area (Å²) in [4.78, 5) is 14.2. The number of carbonyl (C=O) groups is 1. The Morgan fingerprint density at radius 1 is 1.44 bits per heavy atom. The van der Waals surface area contributed by atoms with Gasteiger partial charge in [-0.2, -0.15) is 0 Å². The van der Waals surface area contributed by atoms with Crippen molar-refractivity contribution < 1.29 is 14.6 Å². The molecule has 0 spiro atoms. The van der Waals surface area contributed by atoms with Gasteiger partial charge >= 0.3 is 5.97 Å². The summed E-state index contributed by atoms with van der Waals surface area (Å²) in [5, 5.41) is 8.60. The molecule has 1 aromatic rings. The van der Waals surface area contributed by atoms with Crippen LogP contribution >= 0.6 is 24.0 Å². The molecule has 6 heteroatoms. The Labute approximate surface area is 105 Å². The normalized spacial score (nSPS) is 9.31. The lowest BCUT2D eigenvalue weighted by atomic mass is 10.3. The van der Waals surface area contributed by atoms with Gasteiger partial charge in [-0.3, -0.25) is 0 Å². The monoisotopic (exact) mass is 265 g/mol. The Balaban J connectivity index is 0.00000225. The summed E-state index contributed by atoms with van der Waals surface area (Å²) in [7, 11) is 0. The maximum Gasteiger partial charge on any atom is 0.354 e. The summed E-state index contributed by atoms with van der Waals surface area (Å²) in [6, 6.07) is 3.01. The van der Waals surface area contributed by atoms with E-state index in [-0.39, 0.29) is 18.1 Å². The van der Waals surface area contributed by atoms with Crippen LogP contribution in [-0.4, -0.2) is 28.5 Å². The molecule has 0 saturated carbocycles. The Hall–Kier alpha value is -1.00. The van der Waals surface area contributed by atoms with Crippen LogP contribution in [0.3, 0.4) is 0 Å². The minimum atomic E-state index is -1.04. The minimum absolute atomic E-state index is 0. The molecule has 0 saturated heterocycles. The number of carboxylic acids is 1. The molecular weight excluding hydrogens is 253 g/mol. The second kappa shape index (κ2) is 8.19. The lowest BCUT2D eigenvalue weighted by Gasteiger charge is -2.04. The first kappa shape index (κ1) is 15.0. The Morgan fingerprint density at radius 3 is 2.69 bits per heavy atom. The van der Waals surface area contributed by atoms with Gasteiger partial charge in [0.2, 0.25) is 0 Å². The molecule has 0 radical (unpaired) electrons. The number of alkyl halides is 1. The molecule has 0 aliphatic rings. The summed E-state index contributed by atoms with van der Waals surface area (Å²) >= 11 is 5.51. The Morgan fingerprint density at radius 2 is 2.19 bits per heavy atom. The van der Waals surface area contributed by atoms with Gasteiger partial charge in [-0.05, 0) is 25.0 Å². The van der Waals surface area contributed by atoms with Crippen molar-refractivity contribution in [2.24, 2.45) is 0 Å². The average molecular weight is 266 g/mol. The topological polar surface area (TPSA) is 59.4 Å². The highest BCUT2D eigenvalue weighted by atomic mass is 35.5. The standard InChI is InChI=1S/C10H12ClNO3.ClH/c11-5-1-2-6-15-8-3-4-9(10(13)14)12-7-8;/h3-4,7H,1-2,5-6H2,(H,13,14);1H. The van der Waals surface area contributed by atoms with Crippen LogP contribution in [0.2, 0.25) is 0 Å². The predicted molar refractivity (Wildman–Crippen MR) is 63.9 cm³/mol. The van der Waals surface area contributed by atoms with Gasteiger partial charge in [0.1, 0.15) is 11.4 Å². The van der Waals surface area contributed by atoms with Gasteiger partial charge in [0, 0.05) is 5.88 Å². The molecule has 1 N–H and O–H groups in total. The zero-order valence-electron chi connectivity index (χ0n) is 8.56. The van der Waals surface area contributed by atoms with Crippen LogP contribution in [0, 0.1) is 0 Å². The molecule has 0 amide bonds. The zero-order valence-corrected chi connectivity index (χ0v) is 10.1. The summed E-state index contributed by atoms with van der Waals surface area (Å²) in [5.74, 6) is 0.165. The number of hydrogen-bond donors (Lipinski definition) is 1. The van der Waals surface area contributed by atoms with Crippen molar-refractivity contribution in [1.29, 1.82) is 0 Å². The van der Waals surface area contributed by atoms with Gasteiger partial charge in [0.05, 0.1) is 12.8 Å². The van der Waals surface area contributed by atoms with Crippen molar-refractivity contribution in [3.63, 3.8) is 0 Å². The fourth-order valence-electron chi connectivity index (χ4n) is 0.979. The predicted octanol–water partition coefficient (Wildman–Crippen LogP) is 2.60. The number of pyridine rings is 1. The average Bonchev–Trinajstić information content (AvgIpc) is 2.25. The van der Waals surface area contributed by atoms with Crippen LogP contribution in [0.25, 0.3) is 0 Å². The summed E-state index contributed by atoms with van der Waals surface area (Å²) in [5.41, 5.74) is 0.0168. The smallest absolute Gasteiger partial charge is 0.354 e. The van der Waals surface area contributed by atoms with Gasteiger partial charge in [0.15, 0.2) is 0 Å². The fourth-order valence-corrected chi connectivity index (χ4v) is 1.17. The Kier molecular flexibility index (Phi) is 7.68. The van der Waals surface area contributed by atoms with Crippen LogP contribution in [-0.2, 0) is 0 Å². The molecule has 0 bridgehead atoms. The molecule has 0 aromatic carbocycles. The summed E-state index contributed by atoms with van der Waals surface area (Å²) in [6.45, 7) is 0.570. The van der Waals surface area contributed by atoms with Crippen molar-refractivity contribution in [2.45, 2.75) is 12.8 Å². The molecule has 16 heavy (non-hydrogen) atoms. The number of hydrogen-bond acceptors (Lipinski definition) is 3. The Bertz CT molecular complexity index is 316. The van der Waals surface area contributed by atoms with Gasteiger partial charge in [-0.15, -0.1) is 24.0 Å². The molecular formula is C10H13Cl2NO3. The molecule has 0 aliphatic heterocycles. The number of aromatic carboxylic acids is 1. The van der Waals surface area contributed by atoms with E-state index >= 15 is 0 Å². The molecule has 0 aliphatic carbocycles. The molecule has 4 nitrogen and oxygen atoms in total. The fraction of sp³-hybridized carbons (Fsp3) is 0.400. The highest BCUT2D eigenvalue weighted by Gasteiger charge is 2.03. The molecule has 1 aromatic heterocycles. The lowest BCUT2D eigenvalue weighted by molar-refractivity contribution is 0.0690. The number of carboxylic acid groups (broad SMARTS) is 1. The van der Waals surface area contributed by atoms with Crippen LogP contribution in [0.4, 0.5) is 0 Å². The molecule has 0 atom stereocenters. The van der Waals surface area contributed by atoms with Crippen LogP contribution in [0.15, 0.2) is 18.3 Å². The highest BCUT2D eigenvalue weighted by molar-refractivity contribution is 6.17. The second-order valence-electron chi connectivity index (χ2n) is 2.93. The van der Waals surface area contributed by atoms with Gasteiger partial charge < -0.3 is 9.84 Å². The molecule has 1 heterocycles. The first-order valence-corrected chi connectivity index (χ1v) is 5.15. The third kappa shape index (κ3) is 5.19. The van der Waals surface area contributed by atoms with E-state index in [0.717, 1.165) is 12.8 Å². The lowest BCUT2D eigenvalue weighted by Crippen LogP contribution is -2.01. The molecule has 0 fully saturated rings. The van der Waals surface area contributed by atoms with Gasteiger partial charge in [0.25, 0.3) is 0 Å². The second-order valence-corrected chi connectivity index (χ2v) is 3.31. The van der Waals surface area contributed by atoms with E-state index < -0.39 is 5.97 Å². The van der Waals surface area contributed by atoms with E-state index in [2.05, 4.69) is 4.98 Å².